The van der Waals surface area contributed by atoms with Crippen LogP contribution in [0.4, 0.5) is 0 Å². The van der Waals surface area contributed by atoms with Crippen LogP contribution in [0.2, 0.25) is 0 Å². The topological polar surface area (TPSA) is 46.9 Å². The highest BCUT2D eigenvalue weighted by molar-refractivity contribution is 5.72. The molecule has 0 unspecified atom stereocenters. The van der Waals surface area contributed by atoms with Gasteiger partial charge in [-0.15, -0.1) is 0 Å². The molecule has 0 radical (unpaired) electrons. The molecule has 1 aliphatic rings. The number of nitrogens with zero attached hydrogens (tertiary/aromatic N) is 3. The monoisotopic (exact) mass is 385 g/mol. The van der Waals surface area contributed by atoms with Crippen molar-refractivity contribution in [3.05, 3.63) is 45.4 Å². The van der Waals surface area contributed by atoms with E-state index in [-0.39, 0.29) is 5.56 Å². The fraction of sp³-hybridized carbons (Fsp3) is 0.500. The molecular weight excluding hydrogens is 354 g/mol. The molecule has 6 heteroatoms. The minimum absolute atomic E-state index is 0.0341. The zero-order valence-electron chi connectivity index (χ0n) is 17.8. The minimum atomic E-state index is 0.0341. The van der Waals surface area contributed by atoms with E-state index < -0.39 is 0 Å². The van der Waals surface area contributed by atoms with Crippen molar-refractivity contribution in [1.82, 2.24) is 14.4 Å². The lowest BCUT2D eigenvalue weighted by Crippen LogP contribution is -2.43. The molecule has 1 aromatic heterocycles. The van der Waals surface area contributed by atoms with Gasteiger partial charge in [-0.3, -0.25) is 9.69 Å². The van der Waals surface area contributed by atoms with Crippen LogP contribution < -0.4 is 15.0 Å². The van der Waals surface area contributed by atoms with Crippen LogP contribution in [0.3, 0.4) is 0 Å². The van der Waals surface area contributed by atoms with E-state index in [1.807, 2.05) is 20.0 Å². The van der Waals surface area contributed by atoms with Gasteiger partial charge in [0, 0.05) is 57.1 Å². The van der Waals surface area contributed by atoms with E-state index >= 15 is 0 Å². The molecule has 0 saturated carbocycles. The molecule has 1 saturated heterocycles. The molecular formula is C22H31N3O3. The molecule has 28 heavy (non-hydrogen) atoms. The van der Waals surface area contributed by atoms with Crippen molar-refractivity contribution in [2.24, 2.45) is 7.05 Å². The van der Waals surface area contributed by atoms with Crippen LogP contribution in [-0.2, 0) is 13.6 Å². The maximum absolute atomic E-state index is 12.2. The largest absolute Gasteiger partial charge is 0.496 e. The van der Waals surface area contributed by atoms with Crippen molar-refractivity contribution in [3.8, 4) is 22.6 Å². The van der Waals surface area contributed by atoms with Gasteiger partial charge < -0.3 is 18.9 Å². The third-order valence-corrected chi connectivity index (χ3v) is 5.83. The lowest BCUT2D eigenvalue weighted by atomic mass is 9.97. The first-order chi connectivity index (χ1) is 13.3. The predicted molar refractivity (Wildman–Crippen MR) is 112 cm³/mol. The van der Waals surface area contributed by atoms with Crippen molar-refractivity contribution < 1.29 is 9.47 Å². The number of pyridine rings is 1. The summed E-state index contributed by atoms with van der Waals surface area (Å²) in [6, 6.07) is 4.11. The van der Waals surface area contributed by atoms with Gasteiger partial charge in [0.1, 0.15) is 11.5 Å². The molecule has 0 atom stereocenters. The van der Waals surface area contributed by atoms with Gasteiger partial charge >= 0.3 is 0 Å². The highest BCUT2D eigenvalue weighted by Gasteiger charge is 2.20. The fourth-order valence-corrected chi connectivity index (χ4v) is 3.79. The van der Waals surface area contributed by atoms with E-state index in [4.69, 9.17) is 9.47 Å². The summed E-state index contributed by atoms with van der Waals surface area (Å²) >= 11 is 0. The second-order valence-corrected chi connectivity index (χ2v) is 7.65. The van der Waals surface area contributed by atoms with Crippen LogP contribution >= 0.6 is 0 Å². The molecule has 3 rings (SSSR count). The molecule has 2 heterocycles. The van der Waals surface area contributed by atoms with E-state index in [1.54, 1.807) is 25.8 Å². The predicted octanol–water partition coefficient (Wildman–Crippen LogP) is 2.43. The van der Waals surface area contributed by atoms with Gasteiger partial charge in [-0.2, -0.15) is 0 Å². The van der Waals surface area contributed by atoms with E-state index in [9.17, 15) is 4.79 Å². The normalized spacial score (nSPS) is 15.6. The maximum atomic E-state index is 12.2. The molecule has 2 aromatic rings. The van der Waals surface area contributed by atoms with E-state index in [2.05, 4.69) is 29.0 Å². The van der Waals surface area contributed by atoms with Crippen molar-refractivity contribution in [2.45, 2.75) is 20.4 Å². The van der Waals surface area contributed by atoms with Crippen LogP contribution in [0.1, 0.15) is 16.7 Å². The summed E-state index contributed by atoms with van der Waals surface area (Å²) in [6.07, 6.45) is 1.89. The zero-order chi connectivity index (χ0) is 20.4. The molecule has 0 spiro atoms. The number of benzene rings is 1. The summed E-state index contributed by atoms with van der Waals surface area (Å²) in [5.74, 6) is 1.64. The van der Waals surface area contributed by atoms with Crippen LogP contribution in [-0.4, -0.2) is 61.8 Å². The van der Waals surface area contributed by atoms with Gasteiger partial charge in [-0.1, -0.05) is 0 Å². The lowest BCUT2D eigenvalue weighted by Gasteiger charge is -2.33. The summed E-state index contributed by atoms with van der Waals surface area (Å²) < 4.78 is 13.1. The smallest absolute Gasteiger partial charge is 0.253 e. The second-order valence-electron chi connectivity index (χ2n) is 7.65. The number of likely N-dealkylation sites (N-methyl/N-ethyl adjacent to an activating group) is 1. The molecule has 0 N–H and O–H groups in total. The number of rotatable bonds is 5. The lowest BCUT2D eigenvalue weighted by molar-refractivity contribution is 0.146. The number of ether oxygens (including phenoxy) is 2. The Bertz CT molecular complexity index is 887. The summed E-state index contributed by atoms with van der Waals surface area (Å²) in [5, 5.41) is 0. The minimum Gasteiger partial charge on any atom is -0.496 e. The third-order valence-electron chi connectivity index (χ3n) is 5.83. The van der Waals surface area contributed by atoms with E-state index in [0.29, 0.717) is 0 Å². The molecule has 0 bridgehead atoms. The van der Waals surface area contributed by atoms with E-state index in [0.717, 1.165) is 72.0 Å². The molecule has 0 amide bonds. The molecule has 1 aliphatic heterocycles. The Balaban J connectivity index is 2.03. The number of hydrogen-bond donors (Lipinski definition) is 0. The summed E-state index contributed by atoms with van der Waals surface area (Å²) in [6.45, 7) is 8.86. The van der Waals surface area contributed by atoms with Crippen molar-refractivity contribution in [2.75, 3.05) is 47.4 Å². The number of methoxy groups -OCH3 is 2. The Labute approximate surface area is 167 Å². The number of piperazine rings is 1. The Morgan fingerprint density at radius 2 is 1.50 bits per heavy atom. The number of aryl methyl sites for hydroxylation is 1. The Hall–Kier alpha value is -2.31. The van der Waals surface area contributed by atoms with Gasteiger partial charge in [0.05, 0.1) is 19.8 Å². The molecule has 1 fully saturated rings. The van der Waals surface area contributed by atoms with Crippen LogP contribution in [0.5, 0.6) is 11.5 Å². The van der Waals surface area contributed by atoms with Gasteiger partial charge in [-0.05, 0) is 44.2 Å². The standard InChI is InChI=1S/C22H31N3O3/c1-15-16(2)22(26)24(4)13-18(15)17-11-20(27-5)19(21(12-17)28-6)14-25-9-7-23(3)8-10-25/h11-13H,7-10,14H2,1-6H3. The average Bonchev–Trinajstić information content (AvgIpc) is 2.70. The van der Waals surface area contributed by atoms with Crippen molar-refractivity contribution in [1.29, 1.82) is 0 Å². The van der Waals surface area contributed by atoms with Crippen LogP contribution in [0.25, 0.3) is 11.1 Å². The number of hydrogen-bond acceptors (Lipinski definition) is 5. The van der Waals surface area contributed by atoms with Crippen LogP contribution in [0.15, 0.2) is 23.1 Å². The van der Waals surface area contributed by atoms with Gasteiger partial charge in [0.25, 0.3) is 5.56 Å². The van der Waals surface area contributed by atoms with Crippen molar-refractivity contribution in [3.63, 3.8) is 0 Å². The molecule has 1 aromatic carbocycles. The zero-order valence-corrected chi connectivity index (χ0v) is 17.8. The average molecular weight is 386 g/mol. The number of aromatic nitrogens is 1. The van der Waals surface area contributed by atoms with Gasteiger partial charge in [0.2, 0.25) is 0 Å². The second kappa shape index (κ2) is 8.37. The maximum Gasteiger partial charge on any atom is 0.253 e. The summed E-state index contributed by atoms with van der Waals surface area (Å²) in [7, 11) is 7.34. The fourth-order valence-electron chi connectivity index (χ4n) is 3.79. The van der Waals surface area contributed by atoms with E-state index in [1.165, 1.54) is 0 Å². The highest BCUT2D eigenvalue weighted by atomic mass is 16.5. The quantitative estimate of drug-likeness (QED) is 0.791. The molecule has 0 aliphatic carbocycles. The first kappa shape index (κ1) is 20.4. The van der Waals surface area contributed by atoms with Crippen LogP contribution in [0, 0.1) is 13.8 Å². The summed E-state index contributed by atoms with van der Waals surface area (Å²) in [4.78, 5) is 17.0. The highest BCUT2D eigenvalue weighted by Crippen LogP contribution is 2.37. The SMILES string of the molecule is COc1cc(-c2cn(C)c(=O)c(C)c2C)cc(OC)c1CN1CCN(C)CC1. The first-order valence-corrected chi connectivity index (χ1v) is 9.68. The molecule has 152 valence electrons. The third kappa shape index (κ3) is 3.93. The Morgan fingerprint density at radius 1 is 0.929 bits per heavy atom. The van der Waals surface area contributed by atoms with Crippen molar-refractivity contribution >= 4 is 0 Å². The van der Waals surface area contributed by atoms with Gasteiger partial charge in [0.15, 0.2) is 0 Å². The summed E-state index contributed by atoms with van der Waals surface area (Å²) in [5.41, 5.74) is 4.86. The molecule has 6 nitrogen and oxygen atoms in total. The first-order valence-electron chi connectivity index (χ1n) is 9.68. The van der Waals surface area contributed by atoms with Gasteiger partial charge in [-0.25, -0.2) is 0 Å². The Kier molecular flexibility index (Phi) is 6.10. The Morgan fingerprint density at radius 3 is 2.04 bits per heavy atom.